The Kier molecular flexibility index (Phi) is 12.1. The molecule has 0 rings (SSSR count). The van der Waals surface area contributed by atoms with E-state index in [1.807, 2.05) is 0 Å². The Hall–Kier alpha value is 1.50. The Labute approximate surface area is 107 Å². The smallest absolute Gasteiger partial charge is 1.00 e. The third-order valence-corrected chi connectivity index (χ3v) is 1.69. The molecule has 0 aliphatic rings. The number of thiol groups is 1. The Morgan fingerprint density at radius 3 is 2.20 bits per heavy atom. The molecule has 0 N–H and O–H groups in total. The molecule has 0 aromatic carbocycles. The summed E-state index contributed by atoms with van der Waals surface area (Å²) in [4.78, 5) is 2.07. The monoisotopic (exact) mass is 205 g/mol. The fourth-order valence-corrected chi connectivity index (χ4v) is 1.12. The van der Waals surface area contributed by atoms with Gasteiger partial charge in [-0.3, -0.25) is 0 Å². The largest absolute Gasteiger partial charge is 2.00 e. The second-order valence-electron chi connectivity index (χ2n) is 1.86. The third-order valence-electron chi connectivity index (χ3n) is 1.15. The number of rotatable bonds is 3. The second kappa shape index (κ2) is 8.59. The molecular formula is C6H15CaNS2. The predicted molar refractivity (Wildman–Crippen MR) is 57.1 cm³/mol. The van der Waals surface area contributed by atoms with Gasteiger partial charge in [0.2, 0.25) is 0 Å². The van der Waals surface area contributed by atoms with Crippen molar-refractivity contribution < 1.29 is 2.85 Å². The van der Waals surface area contributed by atoms with Crippen LogP contribution in [0.2, 0.25) is 0 Å². The van der Waals surface area contributed by atoms with Crippen LogP contribution in [0.5, 0.6) is 0 Å². The van der Waals surface area contributed by atoms with Gasteiger partial charge in [-0.15, -0.1) is 12.6 Å². The van der Waals surface area contributed by atoms with E-state index in [9.17, 15) is 0 Å². The van der Waals surface area contributed by atoms with E-state index in [4.69, 9.17) is 12.2 Å². The molecule has 0 saturated heterocycles. The minimum Gasteiger partial charge on any atom is -1.00 e. The van der Waals surface area contributed by atoms with Gasteiger partial charge in [0.05, 0.1) is 0 Å². The maximum atomic E-state index is 4.87. The summed E-state index contributed by atoms with van der Waals surface area (Å²) in [7, 11) is 0. The van der Waals surface area contributed by atoms with Crippen LogP contribution in [0, 0.1) is 0 Å². The fourth-order valence-electron chi connectivity index (χ4n) is 0.659. The maximum Gasteiger partial charge on any atom is 2.00 e. The van der Waals surface area contributed by atoms with E-state index in [2.05, 4.69) is 31.4 Å². The molecule has 0 aliphatic heterocycles. The summed E-state index contributed by atoms with van der Waals surface area (Å²) in [6.07, 6.45) is 1.13. The van der Waals surface area contributed by atoms with Crippen LogP contribution >= 0.6 is 24.8 Å². The summed E-state index contributed by atoms with van der Waals surface area (Å²) in [6, 6.07) is 0. The van der Waals surface area contributed by atoms with Gasteiger partial charge in [0.1, 0.15) is 4.32 Å². The first kappa shape index (κ1) is 14.0. The van der Waals surface area contributed by atoms with E-state index in [0.717, 1.165) is 19.5 Å². The van der Waals surface area contributed by atoms with Gasteiger partial charge in [-0.05, 0) is 13.3 Å². The first-order valence-electron chi connectivity index (χ1n) is 3.20. The molecule has 0 bridgehead atoms. The fraction of sp³-hybridized carbons (Fsp3) is 0.833. The van der Waals surface area contributed by atoms with Crippen LogP contribution < -0.4 is 0 Å². The van der Waals surface area contributed by atoms with E-state index < -0.39 is 0 Å². The van der Waals surface area contributed by atoms with Crippen molar-refractivity contribution in [2.75, 3.05) is 13.1 Å². The second-order valence-corrected chi connectivity index (χ2v) is 2.98. The topological polar surface area (TPSA) is 3.24 Å². The van der Waals surface area contributed by atoms with Crippen LogP contribution in [-0.2, 0) is 0 Å². The summed E-state index contributed by atoms with van der Waals surface area (Å²) < 4.78 is 0.708. The van der Waals surface area contributed by atoms with Crippen molar-refractivity contribution >= 4 is 66.9 Å². The molecule has 0 fully saturated rings. The van der Waals surface area contributed by atoms with Gasteiger partial charge in [-0.2, -0.15) is 0 Å². The van der Waals surface area contributed by atoms with Crippen molar-refractivity contribution in [3.8, 4) is 0 Å². The zero-order valence-corrected chi connectivity index (χ0v) is 10.6. The molecule has 1 nitrogen and oxygen atoms in total. The molecule has 0 aliphatic carbocycles. The normalized spacial score (nSPS) is 8.30. The average molecular weight is 205 g/mol. The van der Waals surface area contributed by atoms with Crippen LogP contribution in [0.25, 0.3) is 0 Å². The summed E-state index contributed by atoms with van der Waals surface area (Å²) in [5.74, 6) is 0. The van der Waals surface area contributed by atoms with Crippen molar-refractivity contribution in [2.45, 2.75) is 20.3 Å². The van der Waals surface area contributed by atoms with Gasteiger partial charge in [0.15, 0.2) is 0 Å². The molecule has 10 heavy (non-hydrogen) atoms. The molecule has 0 saturated carbocycles. The van der Waals surface area contributed by atoms with Crippen molar-refractivity contribution in [1.29, 1.82) is 0 Å². The van der Waals surface area contributed by atoms with E-state index >= 15 is 0 Å². The molecule has 0 radical (unpaired) electrons. The predicted octanol–water partition coefficient (Wildman–Crippen LogP) is 1.78. The molecule has 0 aromatic rings. The van der Waals surface area contributed by atoms with E-state index in [1.165, 1.54) is 0 Å². The molecule has 0 heterocycles. The maximum absolute atomic E-state index is 4.87. The number of thiocarbonyl (C=S) groups is 1. The van der Waals surface area contributed by atoms with Gasteiger partial charge in [-0.25, -0.2) is 0 Å². The van der Waals surface area contributed by atoms with Crippen molar-refractivity contribution in [1.82, 2.24) is 4.90 Å². The zero-order chi connectivity index (χ0) is 7.28. The van der Waals surface area contributed by atoms with Gasteiger partial charge < -0.3 is 7.75 Å². The standard InChI is InChI=1S/C6H13NS2.Ca.2H/c1-3-5-7(4-2)6(8)9;;;/h3-5H2,1-2H3,(H,8,9);;;/q;+2;2*-1. The van der Waals surface area contributed by atoms with Crippen LogP contribution in [0.3, 0.4) is 0 Å². The molecule has 0 unspecified atom stereocenters. The van der Waals surface area contributed by atoms with Crippen LogP contribution in [0.1, 0.15) is 23.1 Å². The zero-order valence-electron chi connectivity index (χ0n) is 8.63. The van der Waals surface area contributed by atoms with Crippen molar-refractivity contribution in [3.05, 3.63) is 0 Å². The third kappa shape index (κ3) is 6.23. The minimum absolute atomic E-state index is 0. The summed E-state index contributed by atoms with van der Waals surface area (Å²) in [5.41, 5.74) is 0. The Morgan fingerprint density at radius 2 is 2.10 bits per heavy atom. The molecule has 58 valence electrons. The SMILES string of the molecule is CCCN(CC)C(=S)S.[Ca+2].[H-].[H-]. The quantitative estimate of drug-likeness (QED) is 0.425. The minimum atomic E-state index is 0. The van der Waals surface area contributed by atoms with Gasteiger partial charge in [0, 0.05) is 13.1 Å². The number of hydrogen-bond acceptors (Lipinski definition) is 1. The summed E-state index contributed by atoms with van der Waals surface area (Å²) >= 11 is 8.94. The van der Waals surface area contributed by atoms with E-state index in [-0.39, 0.29) is 40.6 Å². The summed E-state index contributed by atoms with van der Waals surface area (Å²) in [6.45, 7) is 6.21. The molecule has 0 amide bonds. The first-order chi connectivity index (χ1) is 4.22. The van der Waals surface area contributed by atoms with E-state index in [1.54, 1.807) is 0 Å². The Bertz CT molecular complexity index is 106. The Balaban J connectivity index is -0.000000107. The first-order valence-corrected chi connectivity index (χ1v) is 4.05. The van der Waals surface area contributed by atoms with Crippen molar-refractivity contribution in [2.24, 2.45) is 0 Å². The number of hydrogen-bond donors (Lipinski definition) is 1. The van der Waals surface area contributed by atoms with Crippen LogP contribution in [0.15, 0.2) is 0 Å². The van der Waals surface area contributed by atoms with Gasteiger partial charge >= 0.3 is 37.7 Å². The molecular weight excluding hydrogens is 190 g/mol. The average Bonchev–Trinajstić information content (AvgIpc) is 1.82. The van der Waals surface area contributed by atoms with Gasteiger partial charge in [-0.1, -0.05) is 19.1 Å². The van der Waals surface area contributed by atoms with Crippen LogP contribution in [0.4, 0.5) is 0 Å². The van der Waals surface area contributed by atoms with Gasteiger partial charge in [0.25, 0.3) is 0 Å². The molecule has 0 aromatic heterocycles. The molecule has 4 heteroatoms. The molecule has 0 atom stereocenters. The molecule has 0 spiro atoms. The number of nitrogens with zero attached hydrogens (tertiary/aromatic N) is 1. The van der Waals surface area contributed by atoms with E-state index in [0.29, 0.717) is 4.32 Å². The Morgan fingerprint density at radius 1 is 1.60 bits per heavy atom. The van der Waals surface area contributed by atoms with Crippen molar-refractivity contribution in [3.63, 3.8) is 0 Å². The van der Waals surface area contributed by atoms with Crippen LogP contribution in [-0.4, -0.2) is 60.0 Å². The summed E-state index contributed by atoms with van der Waals surface area (Å²) in [5, 5.41) is 0.